The molecule has 0 saturated carbocycles. The number of benzene rings is 2. The minimum Gasteiger partial charge on any atom is -0.504 e. The van der Waals surface area contributed by atoms with Crippen LogP contribution in [0.2, 0.25) is 0 Å². The summed E-state index contributed by atoms with van der Waals surface area (Å²) in [6, 6.07) is 7.45. The quantitative estimate of drug-likeness (QED) is 0.708. The van der Waals surface area contributed by atoms with Crippen molar-refractivity contribution in [3.05, 3.63) is 58.7 Å². The maximum Gasteiger partial charge on any atom is 0.416 e. The number of rotatable bonds is 1. The lowest BCUT2D eigenvalue weighted by Crippen LogP contribution is -2.32. The Balaban J connectivity index is 2.15. The second kappa shape index (κ2) is 5.21. The van der Waals surface area contributed by atoms with Crippen molar-refractivity contribution in [3.63, 3.8) is 0 Å². The minimum absolute atomic E-state index is 0.112. The van der Waals surface area contributed by atoms with E-state index in [1.807, 2.05) is 0 Å². The summed E-state index contributed by atoms with van der Waals surface area (Å²) in [7, 11) is 0. The van der Waals surface area contributed by atoms with Crippen molar-refractivity contribution in [2.45, 2.75) is 18.6 Å². The molecule has 0 spiro atoms. The lowest BCUT2D eigenvalue weighted by molar-refractivity contribution is -0.138. The maximum atomic E-state index is 13.2. The normalized spacial score (nSPS) is 18.0. The van der Waals surface area contributed by atoms with E-state index in [9.17, 15) is 23.4 Å². The third-order valence-corrected chi connectivity index (χ3v) is 3.87. The zero-order valence-corrected chi connectivity index (χ0v) is 11.5. The molecule has 0 fully saturated rings. The van der Waals surface area contributed by atoms with Gasteiger partial charge in [0.2, 0.25) is 0 Å². The van der Waals surface area contributed by atoms with Crippen molar-refractivity contribution in [1.82, 2.24) is 5.32 Å². The zero-order chi connectivity index (χ0) is 15.9. The molecule has 0 unspecified atom stereocenters. The molecule has 3 nitrogen and oxygen atoms in total. The number of aromatic hydroxyl groups is 2. The van der Waals surface area contributed by atoms with Gasteiger partial charge in [-0.1, -0.05) is 18.2 Å². The summed E-state index contributed by atoms with van der Waals surface area (Å²) in [6.45, 7) is 0.494. The van der Waals surface area contributed by atoms with Crippen molar-refractivity contribution in [2.24, 2.45) is 0 Å². The fraction of sp³-hybridized carbons (Fsp3) is 0.250. The topological polar surface area (TPSA) is 52.5 Å². The Kier molecular flexibility index (Phi) is 3.48. The van der Waals surface area contributed by atoms with Crippen molar-refractivity contribution in [1.29, 1.82) is 0 Å². The van der Waals surface area contributed by atoms with Crippen molar-refractivity contribution < 1.29 is 23.4 Å². The minimum atomic E-state index is -4.45. The fourth-order valence-electron chi connectivity index (χ4n) is 2.87. The van der Waals surface area contributed by atoms with Crippen LogP contribution in [0.5, 0.6) is 11.5 Å². The first-order valence-electron chi connectivity index (χ1n) is 6.82. The number of phenols is 2. The monoisotopic (exact) mass is 309 g/mol. The molecule has 2 aromatic carbocycles. The molecule has 22 heavy (non-hydrogen) atoms. The largest absolute Gasteiger partial charge is 0.504 e. The molecule has 116 valence electrons. The summed E-state index contributed by atoms with van der Waals surface area (Å²) in [5.41, 5.74) is 0.697. The van der Waals surface area contributed by atoms with Gasteiger partial charge in [0.05, 0.1) is 11.6 Å². The summed E-state index contributed by atoms with van der Waals surface area (Å²) < 4.78 is 39.6. The standard InChI is InChI=1S/C16H14F3NO2/c17-16(18,19)12-4-2-1-3-10(12)15-11-8-14(22)13(21)7-9(11)5-6-20-15/h1-4,7-8,15,20-22H,5-6H2/t15-/m1/s1. The molecule has 6 heteroatoms. The van der Waals surface area contributed by atoms with Gasteiger partial charge in [0.1, 0.15) is 0 Å². The molecule has 0 amide bonds. The first kappa shape index (κ1) is 14.7. The van der Waals surface area contributed by atoms with E-state index in [0.29, 0.717) is 18.5 Å². The Morgan fingerprint density at radius 2 is 1.68 bits per heavy atom. The van der Waals surface area contributed by atoms with Gasteiger partial charge in [0.15, 0.2) is 11.5 Å². The number of halogens is 3. The van der Waals surface area contributed by atoms with Crippen LogP contribution in [0.1, 0.15) is 28.3 Å². The smallest absolute Gasteiger partial charge is 0.416 e. The van der Waals surface area contributed by atoms with Gasteiger partial charge < -0.3 is 15.5 Å². The molecule has 0 aromatic heterocycles. The number of hydrogen-bond donors (Lipinski definition) is 3. The van der Waals surface area contributed by atoms with Crippen LogP contribution in [0.3, 0.4) is 0 Å². The van der Waals surface area contributed by atoms with Crippen LogP contribution in [0, 0.1) is 0 Å². The van der Waals surface area contributed by atoms with E-state index in [4.69, 9.17) is 0 Å². The third kappa shape index (κ3) is 2.50. The Bertz CT molecular complexity index is 713. The predicted molar refractivity (Wildman–Crippen MR) is 74.8 cm³/mol. The molecule has 0 radical (unpaired) electrons. The summed E-state index contributed by atoms with van der Waals surface area (Å²) in [4.78, 5) is 0. The molecule has 2 aromatic rings. The predicted octanol–water partition coefficient (Wildman–Crippen LogP) is 3.35. The SMILES string of the molecule is Oc1cc2c(cc1O)[C@@H](c1ccccc1C(F)(F)F)NCC2. The molecule has 3 N–H and O–H groups in total. The molecule has 3 rings (SSSR count). The summed E-state index contributed by atoms with van der Waals surface area (Å²) in [5.74, 6) is -0.597. The first-order valence-corrected chi connectivity index (χ1v) is 6.82. The van der Waals surface area contributed by atoms with Crippen LogP contribution in [0.15, 0.2) is 36.4 Å². The van der Waals surface area contributed by atoms with Crippen LogP contribution < -0.4 is 5.32 Å². The van der Waals surface area contributed by atoms with Crippen LogP contribution >= 0.6 is 0 Å². The highest BCUT2D eigenvalue weighted by Gasteiger charge is 2.36. The lowest BCUT2D eigenvalue weighted by atomic mass is 9.87. The number of phenolic OH excluding ortho intramolecular Hbond substituents is 2. The molecular formula is C16H14F3NO2. The van der Waals surface area contributed by atoms with E-state index in [2.05, 4.69) is 5.32 Å². The number of nitrogens with one attached hydrogen (secondary N) is 1. The second-order valence-electron chi connectivity index (χ2n) is 5.26. The van der Waals surface area contributed by atoms with Gasteiger partial charge in [-0.15, -0.1) is 0 Å². The van der Waals surface area contributed by atoms with Crippen LogP contribution in [-0.4, -0.2) is 16.8 Å². The van der Waals surface area contributed by atoms with E-state index in [0.717, 1.165) is 11.6 Å². The van der Waals surface area contributed by atoms with E-state index < -0.39 is 17.8 Å². The summed E-state index contributed by atoms with van der Waals surface area (Å²) in [5, 5.41) is 22.3. The second-order valence-corrected chi connectivity index (χ2v) is 5.26. The molecule has 0 aliphatic carbocycles. The number of alkyl halides is 3. The van der Waals surface area contributed by atoms with Gasteiger partial charge in [0.25, 0.3) is 0 Å². The zero-order valence-electron chi connectivity index (χ0n) is 11.5. The highest BCUT2D eigenvalue weighted by atomic mass is 19.4. The Labute approximate surface area is 125 Å². The van der Waals surface area contributed by atoms with E-state index in [-0.39, 0.29) is 17.1 Å². The number of fused-ring (bicyclic) bond motifs is 1. The molecule has 1 aliphatic heterocycles. The van der Waals surface area contributed by atoms with Gasteiger partial charge in [-0.25, -0.2) is 0 Å². The van der Waals surface area contributed by atoms with Crippen molar-refractivity contribution >= 4 is 0 Å². The van der Waals surface area contributed by atoms with Crippen LogP contribution in [-0.2, 0) is 12.6 Å². The average Bonchev–Trinajstić information content (AvgIpc) is 2.47. The molecule has 1 heterocycles. The molecule has 0 saturated heterocycles. The van der Waals surface area contributed by atoms with Gasteiger partial charge in [-0.05, 0) is 41.3 Å². The molecule has 0 bridgehead atoms. The summed E-state index contributed by atoms with van der Waals surface area (Å²) in [6.07, 6.45) is -3.87. The molecule has 1 atom stereocenters. The van der Waals surface area contributed by atoms with Gasteiger partial charge in [-0.3, -0.25) is 0 Å². The number of hydrogen-bond acceptors (Lipinski definition) is 3. The van der Waals surface area contributed by atoms with E-state index in [1.165, 1.54) is 24.3 Å². The van der Waals surface area contributed by atoms with Gasteiger partial charge in [-0.2, -0.15) is 13.2 Å². The third-order valence-electron chi connectivity index (χ3n) is 3.87. The lowest BCUT2D eigenvalue weighted by Gasteiger charge is -2.29. The first-order chi connectivity index (χ1) is 10.4. The Morgan fingerprint density at radius 3 is 2.41 bits per heavy atom. The van der Waals surface area contributed by atoms with Gasteiger partial charge in [0, 0.05) is 6.54 Å². The Morgan fingerprint density at radius 1 is 1.00 bits per heavy atom. The Hall–Kier alpha value is -2.21. The van der Waals surface area contributed by atoms with Crippen molar-refractivity contribution in [2.75, 3.05) is 6.54 Å². The van der Waals surface area contributed by atoms with Crippen molar-refractivity contribution in [3.8, 4) is 11.5 Å². The maximum absolute atomic E-state index is 13.2. The molecular weight excluding hydrogens is 295 g/mol. The molecule has 1 aliphatic rings. The highest BCUT2D eigenvalue weighted by Crippen LogP contribution is 2.40. The summed E-state index contributed by atoms with van der Waals surface area (Å²) >= 11 is 0. The van der Waals surface area contributed by atoms with E-state index >= 15 is 0 Å². The van der Waals surface area contributed by atoms with E-state index in [1.54, 1.807) is 6.07 Å². The van der Waals surface area contributed by atoms with Crippen LogP contribution in [0.25, 0.3) is 0 Å². The average molecular weight is 309 g/mol. The van der Waals surface area contributed by atoms with Gasteiger partial charge >= 0.3 is 6.18 Å². The highest BCUT2D eigenvalue weighted by molar-refractivity contribution is 5.51. The fourth-order valence-corrected chi connectivity index (χ4v) is 2.87. The van der Waals surface area contributed by atoms with Crippen LogP contribution in [0.4, 0.5) is 13.2 Å².